The van der Waals surface area contributed by atoms with Crippen LogP contribution in [0.3, 0.4) is 0 Å². The molecule has 0 aliphatic carbocycles. The summed E-state index contributed by atoms with van der Waals surface area (Å²) in [5, 5.41) is 0. The topological polar surface area (TPSA) is 12.4 Å². The fourth-order valence-corrected chi connectivity index (χ4v) is 1.94. The lowest BCUT2D eigenvalue weighted by atomic mass is 9.89. The van der Waals surface area contributed by atoms with E-state index in [-0.39, 0.29) is 0 Å². The first-order valence-corrected chi connectivity index (χ1v) is 5.94. The first kappa shape index (κ1) is 13.0. The van der Waals surface area contributed by atoms with Crippen LogP contribution in [0.15, 0.2) is 39.4 Å². The molecule has 16 heavy (non-hydrogen) atoms. The smallest absolute Gasteiger partial charge is 0.0602 e. The van der Waals surface area contributed by atoms with Gasteiger partial charge in [0.2, 0.25) is 0 Å². The molecule has 1 aliphatic rings. The third-order valence-corrected chi connectivity index (χ3v) is 2.95. The molecule has 0 N–H and O–H groups in total. The molecule has 1 rings (SSSR count). The van der Waals surface area contributed by atoms with Gasteiger partial charge >= 0.3 is 0 Å². The van der Waals surface area contributed by atoms with Crippen molar-refractivity contribution in [3.8, 4) is 0 Å². The Morgan fingerprint density at radius 1 is 1.12 bits per heavy atom. The van der Waals surface area contributed by atoms with Gasteiger partial charge in [0.1, 0.15) is 0 Å². The minimum Gasteiger partial charge on any atom is -0.284 e. The minimum absolute atomic E-state index is 0.499. The van der Waals surface area contributed by atoms with Crippen LogP contribution in [-0.2, 0) is 0 Å². The molecule has 0 bridgehead atoms. The average Bonchev–Trinajstić information content (AvgIpc) is 2.16. The van der Waals surface area contributed by atoms with Gasteiger partial charge < -0.3 is 0 Å². The van der Waals surface area contributed by atoms with E-state index in [1.54, 1.807) is 0 Å². The molecule has 1 nitrogen and oxygen atoms in total. The highest BCUT2D eigenvalue weighted by Gasteiger charge is 2.17. The van der Waals surface area contributed by atoms with E-state index in [1.807, 2.05) is 0 Å². The highest BCUT2D eigenvalue weighted by atomic mass is 14.8. The molecule has 88 valence electrons. The molecular formula is C15H23N. The Bertz CT molecular complexity index is 384. The molecule has 0 saturated heterocycles. The van der Waals surface area contributed by atoms with Crippen molar-refractivity contribution >= 4 is 5.71 Å². The van der Waals surface area contributed by atoms with Crippen LogP contribution in [-0.4, -0.2) is 12.3 Å². The first-order chi connectivity index (χ1) is 7.41. The third-order valence-electron chi connectivity index (χ3n) is 2.95. The van der Waals surface area contributed by atoms with E-state index >= 15 is 0 Å². The number of aliphatic imine (C=N–C) groups is 1. The number of rotatable bonds is 2. The fourth-order valence-electron chi connectivity index (χ4n) is 1.94. The van der Waals surface area contributed by atoms with Gasteiger partial charge in [-0.3, -0.25) is 4.99 Å². The van der Waals surface area contributed by atoms with Crippen molar-refractivity contribution in [3.63, 3.8) is 0 Å². The SMILES string of the molecule is CC(C)=CC1=NCC(C=C(C)C)C(C)=C1C. The fraction of sp³-hybridized carbons (Fsp3) is 0.533. The Morgan fingerprint density at radius 2 is 1.75 bits per heavy atom. The van der Waals surface area contributed by atoms with Crippen LogP contribution < -0.4 is 0 Å². The maximum atomic E-state index is 4.67. The Hall–Kier alpha value is -1.11. The Balaban J connectivity index is 3.00. The predicted octanol–water partition coefficient (Wildman–Crippen LogP) is 4.33. The second-order valence-corrected chi connectivity index (χ2v) is 5.11. The highest BCUT2D eigenvalue weighted by molar-refractivity contribution is 6.09. The summed E-state index contributed by atoms with van der Waals surface area (Å²) in [6, 6.07) is 0. The zero-order chi connectivity index (χ0) is 12.3. The molecule has 1 aliphatic heterocycles. The summed E-state index contributed by atoms with van der Waals surface area (Å²) in [6.45, 7) is 13.8. The molecule has 0 aromatic rings. The van der Waals surface area contributed by atoms with Gasteiger partial charge in [-0.1, -0.05) is 22.8 Å². The van der Waals surface area contributed by atoms with E-state index in [1.165, 1.54) is 22.3 Å². The molecule has 1 heterocycles. The van der Waals surface area contributed by atoms with Gasteiger partial charge in [-0.05, 0) is 53.2 Å². The standard InChI is InChI=1S/C15H23N/c1-10(2)7-14-9-16-15(8-11(3)4)13(6)12(14)5/h7-8,14H,9H2,1-6H3. The second-order valence-electron chi connectivity index (χ2n) is 5.11. The van der Waals surface area contributed by atoms with Gasteiger partial charge in [0.25, 0.3) is 0 Å². The molecule has 0 aromatic carbocycles. The van der Waals surface area contributed by atoms with Crippen LogP contribution in [0.25, 0.3) is 0 Å². The normalized spacial score (nSPS) is 20.4. The lowest BCUT2D eigenvalue weighted by Crippen LogP contribution is -2.16. The van der Waals surface area contributed by atoms with Crippen molar-refractivity contribution in [2.75, 3.05) is 6.54 Å². The van der Waals surface area contributed by atoms with Crippen LogP contribution >= 0.6 is 0 Å². The Kier molecular flexibility index (Phi) is 4.28. The summed E-state index contributed by atoms with van der Waals surface area (Å²) in [5.41, 5.74) is 6.65. The summed E-state index contributed by atoms with van der Waals surface area (Å²) in [6.07, 6.45) is 4.50. The molecule has 0 amide bonds. The van der Waals surface area contributed by atoms with Crippen molar-refractivity contribution in [1.29, 1.82) is 0 Å². The largest absolute Gasteiger partial charge is 0.284 e. The highest BCUT2D eigenvalue weighted by Crippen LogP contribution is 2.24. The van der Waals surface area contributed by atoms with Crippen molar-refractivity contribution in [2.45, 2.75) is 41.5 Å². The Labute approximate surface area is 99.7 Å². The number of nitrogens with zero attached hydrogens (tertiary/aromatic N) is 1. The van der Waals surface area contributed by atoms with Crippen LogP contribution in [0.4, 0.5) is 0 Å². The summed E-state index contributed by atoms with van der Waals surface area (Å²) in [5.74, 6) is 0.499. The number of dihydropyridines is 1. The molecule has 0 saturated carbocycles. The van der Waals surface area contributed by atoms with Crippen molar-refractivity contribution < 1.29 is 0 Å². The average molecular weight is 217 g/mol. The molecule has 0 spiro atoms. The minimum atomic E-state index is 0.499. The predicted molar refractivity (Wildman–Crippen MR) is 73.0 cm³/mol. The van der Waals surface area contributed by atoms with E-state index in [0.717, 1.165) is 12.3 Å². The van der Waals surface area contributed by atoms with Crippen LogP contribution in [0.5, 0.6) is 0 Å². The summed E-state index contributed by atoms with van der Waals surface area (Å²) in [4.78, 5) is 4.67. The molecule has 0 fully saturated rings. The van der Waals surface area contributed by atoms with Crippen LogP contribution in [0.1, 0.15) is 41.5 Å². The van der Waals surface area contributed by atoms with Gasteiger partial charge in [0.05, 0.1) is 5.71 Å². The van der Waals surface area contributed by atoms with Crippen LogP contribution in [0, 0.1) is 5.92 Å². The first-order valence-electron chi connectivity index (χ1n) is 5.94. The monoisotopic (exact) mass is 217 g/mol. The molecule has 0 radical (unpaired) electrons. The van der Waals surface area contributed by atoms with Crippen molar-refractivity contribution in [2.24, 2.45) is 10.9 Å². The summed E-state index contributed by atoms with van der Waals surface area (Å²) >= 11 is 0. The quantitative estimate of drug-likeness (QED) is 0.611. The second kappa shape index (κ2) is 5.29. The van der Waals surface area contributed by atoms with Gasteiger partial charge in [-0.25, -0.2) is 0 Å². The number of hydrogen-bond acceptors (Lipinski definition) is 1. The summed E-state index contributed by atoms with van der Waals surface area (Å²) < 4.78 is 0. The number of allylic oxidation sites excluding steroid dienone is 4. The maximum absolute atomic E-state index is 4.67. The van der Waals surface area contributed by atoms with Gasteiger partial charge in [-0.2, -0.15) is 0 Å². The van der Waals surface area contributed by atoms with E-state index in [9.17, 15) is 0 Å². The van der Waals surface area contributed by atoms with Gasteiger partial charge in [-0.15, -0.1) is 0 Å². The number of hydrogen-bond donors (Lipinski definition) is 0. The van der Waals surface area contributed by atoms with E-state index in [4.69, 9.17) is 0 Å². The van der Waals surface area contributed by atoms with Crippen molar-refractivity contribution in [1.82, 2.24) is 0 Å². The molecular weight excluding hydrogens is 194 g/mol. The molecule has 1 heteroatoms. The van der Waals surface area contributed by atoms with E-state index in [2.05, 4.69) is 58.7 Å². The summed E-state index contributed by atoms with van der Waals surface area (Å²) in [7, 11) is 0. The maximum Gasteiger partial charge on any atom is 0.0602 e. The third kappa shape index (κ3) is 3.19. The zero-order valence-corrected chi connectivity index (χ0v) is 11.4. The Morgan fingerprint density at radius 3 is 2.25 bits per heavy atom. The van der Waals surface area contributed by atoms with Crippen LogP contribution in [0.2, 0.25) is 0 Å². The zero-order valence-electron chi connectivity index (χ0n) is 11.4. The lowest BCUT2D eigenvalue weighted by molar-refractivity contribution is 0.744. The molecule has 0 aromatic heterocycles. The van der Waals surface area contributed by atoms with Crippen molar-refractivity contribution in [3.05, 3.63) is 34.4 Å². The molecule has 1 unspecified atom stereocenters. The molecule has 1 atom stereocenters. The van der Waals surface area contributed by atoms with Gasteiger partial charge in [0, 0.05) is 12.5 Å². The van der Waals surface area contributed by atoms with E-state index < -0.39 is 0 Å². The van der Waals surface area contributed by atoms with Gasteiger partial charge in [0.15, 0.2) is 0 Å². The lowest BCUT2D eigenvalue weighted by Gasteiger charge is -2.21. The van der Waals surface area contributed by atoms with E-state index in [0.29, 0.717) is 5.92 Å².